The van der Waals surface area contributed by atoms with Crippen molar-refractivity contribution in [2.45, 2.75) is 142 Å². The molecule has 6 heteroatoms. The van der Waals surface area contributed by atoms with Crippen LogP contribution in [0.4, 0.5) is 4.79 Å². The molecule has 0 aromatic heterocycles. The van der Waals surface area contributed by atoms with Gasteiger partial charge in [-0.15, -0.1) is 0 Å². The largest absolute Gasteiger partial charge is 0.508 e. The van der Waals surface area contributed by atoms with Crippen molar-refractivity contribution in [2.75, 3.05) is 20.2 Å². The molecular formula is C27H51NO5. The Hall–Kier alpha value is -1.30. The van der Waals surface area contributed by atoms with Crippen LogP contribution in [0.25, 0.3) is 0 Å². The van der Waals surface area contributed by atoms with Crippen molar-refractivity contribution >= 4 is 12.1 Å². The molecule has 0 spiro atoms. The highest BCUT2D eigenvalue weighted by atomic mass is 16.7. The van der Waals surface area contributed by atoms with Gasteiger partial charge in [-0.1, -0.05) is 64.7 Å². The lowest BCUT2D eigenvalue weighted by Gasteiger charge is -2.20. The third-order valence-electron chi connectivity index (χ3n) is 6.52. The molecule has 1 aliphatic heterocycles. The average molecular weight is 470 g/mol. The predicted octanol–water partition coefficient (Wildman–Crippen LogP) is 7.04. The van der Waals surface area contributed by atoms with E-state index in [0.717, 1.165) is 38.6 Å². The minimum Gasteiger partial charge on any atom is -0.463 e. The van der Waals surface area contributed by atoms with Gasteiger partial charge in [-0.05, 0) is 66.0 Å². The van der Waals surface area contributed by atoms with Crippen LogP contribution >= 0.6 is 0 Å². The maximum absolute atomic E-state index is 12.2. The van der Waals surface area contributed by atoms with Crippen LogP contribution in [0.5, 0.6) is 0 Å². The van der Waals surface area contributed by atoms with E-state index in [-0.39, 0.29) is 24.6 Å². The van der Waals surface area contributed by atoms with E-state index in [1.54, 1.807) is 0 Å². The molecule has 6 nitrogen and oxygen atoms in total. The van der Waals surface area contributed by atoms with E-state index in [4.69, 9.17) is 14.2 Å². The molecule has 1 aliphatic rings. The molecule has 33 heavy (non-hydrogen) atoms. The summed E-state index contributed by atoms with van der Waals surface area (Å²) in [5.74, 6) is -0.237. The van der Waals surface area contributed by atoms with Gasteiger partial charge >= 0.3 is 12.1 Å². The maximum Gasteiger partial charge on any atom is 0.508 e. The average Bonchev–Trinajstić information content (AvgIpc) is 3.17. The van der Waals surface area contributed by atoms with E-state index in [1.807, 2.05) is 13.8 Å². The van der Waals surface area contributed by atoms with Crippen LogP contribution in [0.15, 0.2) is 0 Å². The van der Waals surface area contributed by atoms with Crippen molar-refractivity contribution in [3.05, 3.63) is 0 Å². The van der Waals surface area contributed by atoms with Crippen molar-refractivity contribution in [1.82, 2.24) is 4.90 Å². The Balaban J connectivity index is 2.26. The first-order chi connectivity index (χ1) is 15.9. The highest BCUT2D eigenvalue weighted by molar-refractivity contribution is 5.69. The fourth-order valence-corrected chi connectivity index (χ4v) is 4.51. The zero-order valence-corrected chi connectivity index (χ0v) is 21.9. The number of likely N-dealkylation sites (tertiary alicyclic amines) is 1. The van der Waals surface area contributed by atoms with Gasteiger partial charge < -0.3 is 19.1 Å². The second kappa shape index (κ2) is 19.1. The molecule has 0 amide bonds. The molecule has 1 fully saturated rings. The molecule has 2 atom stereocenters. The van der Waals surface area contributed by atoms with Gasteiger partial charge in [0, 0.05) is 12.5 Å². The topological polar surface area (TPSA) is 65.1 Å². The van der Waals surface area contributed by atoms with Crippen LogP contribution < -0.4 is 0 Å². The number of carbonyl (C=O) groups is 2. The van der Waals surface area contributed by atoms with E-state index in [9.17, 15) is 9.59 Å². The second-order valence-electron chi connectivity index (χ2n) is 9.95. The highest BCUT2D eigenvalue weighted by Crippen LogP contribution is 2.19. The number of hydrogen-bond donors (Lipinski definition) is 0. The Morgan fingerprint density at radius 2 is 1.55 bits per heavy atom. The fourth-order valence-electron chi connectivity index (χ4n) is 4.51. The zero-order chi connectivity index (χ0) is 24.3. The lowest BCUT2D eigenvalue weighted by Crippen LogP contribution is -2.27. The van der Waals surface area contributed by atoms with Crippen LogP contribution in [-0.2, 0) is 19.0 Å². The molecular weight excluding hydrogens is 418 g/mol. The molecule has 1 saturated heterocycles. The Morgan fingerprint density at radius 1 is 0.909 bits per heavy atom. The number of nitrogens with zero attached hydrogens (tertiary/aromatic N) is 1. The van der Waals surface area contributed by atoms with Crippen molar-refractivity contribution in [3.8, 4) is 0 Å². The van der Waals surface area contributed by atoms with Gasteiger partial charge in [0.2, 0.25) is 0 Å². The van der Waals surface area contributed by atoms with Crippen molar-refractivity contribution in [1.29, 1.82) is 0 Å². The van der Waals surface area contributed by atoms with Gasteiger partial charge in [0.05, 0.1) is 12.7 Å². The van der Waals surface area contributed by atoms with Gasteiger partial charge in [-0.3, -0.25) is 4.79 Å². The summed E-state index contributed by atoms with van der Waals surface area (Å²) in [5.41, 5.74) is 0. The summed E-state index contributed by atoms with van der Waals surface area (Å²) in [5, 5.41) is 0. The molecule has 0 aromatic rings. The third kappa shape index (κ3) is 16.0. The predicted molar refractivity (Wildman–Crippen MR) is 133 cm³/mol. The Bertz CT molecular complexity index is 511. The van der Waals surface area contributed by atoms with Gasteiger partial charge in [-0.2, -0.15) is 0 Å². The Kier molecular flexibility index (Phi) is 17.2. The number of unbranched alkanes of at least 4 members (excludes halogenated alkanes) is 9. The number of rotatable bonds is 19. The SMILES string of the molecule is CCCCCCCCCCCCC(CCC(=O)OC(C)C)OC(=O)OCCC1CCCN1C. The van der Waals surface area contributed by atoms with Gasteiger partial charge in [0.25, 0.3) is 0 Å². The molecule has 194 valence electrons. The molecule has 0 aromatic carbocycles. The summed E-state index contributed by atoms with van der Waals surface area (Å²) >= 11 is 0. The Labute approximate surface area is 203 Å². The smallest absolute Gasteiger partial charge is 0.463 e. The summed E-state index contributed by atoms with van der Waals surface area (Å²) in [6.07, 6.45) is 16.4. The number of esters is 1. The molecule has 0 bridgehead atoms. The van der Waals surface area contributed by atoms with Crippen LogP contribution in [0.2, 0.25) is 0 Å². The summed E-state index contributed by atoms with van der Waals surface area (Å²) < 4.78 is 16.2. The van der Waals surface area contributed by atoms with Crippen molar-refractivity contribution < 1.29 is 23.8 Å². The van der Waals surface area contributed by atoms with Crippen LogP contribution in [-0.4, -0.2) is 55.5 Å². The molecule has 1 heterocycles. The first-order valence-corrected chi connectivity index (χ1v) is 13.7. The third-order valence-corrected chi connectivity index (χ3v) is 6.52. The van der Waals surface area contributed by atoms with Crippen LogP contribution in [0.3, 0.4) is 0 Å². The van der Waals surface area contributed by atoms with Crippen LogP contribution in [0, 0.1) is 0 Å². The molecule has 0 aliphatic carbocycles. The van der Waals surface area contributed by atoms with Gasteiger partial charge in [0.15, 0.2) is 0 Å². The zero-order valence-electron chi connectivity index (χ0n) is 21.9. The lowest BCUT2D eigenvalue weighted by molar-refractivity contribution is -0.148. The Morgan fingerprint density at radius 3 is 2.12 bits per heavy atom. The fraction of sp³-hybridized carbons (Fsp3) is 0.926. The van der Waals surface area contributed by atoms with Gasteiger partial charge in [-0.25, -0.2) is 4.79 Å². The number of ether oxygens (including phenoxy) is 3. The van der Waals surface area contributed by atoms with E-state index in [2.05, 4.69) is 18.9 Å². The van der Waals surface area contributed by atoms with Crippen LogP contribution in [0.1, 0.15) is 124 Å². The normalized spacial score (nSPS) is 17.3. The quantitative estimate of drug-likeness (QED) is 0.149. The second-order valence-corrected chi connectivity index (χ2v) is 9.95. The highest BCUT2D eigenvalue weighted by Gasteiger charge is 2.22. The van der Waals surface area contributed by atoms with Gasteiger partial charge in [0.1, 0.15) is 6.10 Å². The summed E-state index contributed by atoms with van der Waals surface area (Å²) in [4.78, 5) is 26.5. The monoisotopic (exact) mass is 469 g/mol. The minimum atomic E-state index is -0.607. The molecule has 0 N–H and O–H groups in total. The first kappa shape index (κ1) is 29.7. The number of carbonyl (C=O) groups excluding carboxylic acids is 2. The van der Waals surface area contributed by atoms with E-state index >= 15 is 0 Å². The van der Waals surface area contributed by atoms with Crippen molar-refractivity contribution in [3.63, 3.8) is 0 Å². The first-order valence-electron chi connectivity index (χ1n) is 13.7. The maximum atomic E-state index is 12.2. The molecule has 1 rings (SSSR count). The molecule has 0 saturated carbocycles. The van der Waals surface area contributed by atoms with E-state index in [0.29, 0.717) is 19.1 Å². The molecule has 0 radical (unpaired) electrons. The molecule has 2 unspecified atom stereocenters. The van der Waals surface area contributed by atoms with E-state index in [1.165, 1.54) is 57.8 Å². The standard InChI is InChI=1S/C27H51NO5/c1-5-6-7-8-9-10-11-12-13-14-17-25(18-19-26(29)32-23(2)3)33-27(30)31-22-20-24-16-15-21-28(24)4/h23-25H,5-22H2,1-4H3. The van der Waals surface area contributed by atoms with Crippen molar-refractivity contribution in [2.24, 2.45) is 0 Å². The number of hydrogen-bond acceptors (Lipinski definition) is 6. The summed E-state index contributed by atoms with van der Waals surface area (Å²) in [7, 11) is 2.12. The summed E-state index contributed by atoms with van der Waals surface area (Å²) in [6, 6.07) is 0.492. The van der Waals surface area contributed by atoms with E-state index < -0.39 is 6.16 Å². The lowest BCUT2D eigenvalue weighted by atomic mass is 10.0. The summed E-state index contributed by atoms with van der Waals surface area (Å²) in [6.45, 7) is 7.43. The minimum absolute atomic E-state index is 0.127.